The fourth-order valence-electron chi connectivity index (χ4n) is 4.03. The van der Waals surface area contributed by atoms with Crippen LogP contribution in [0.2, 0.25) is 0 Å². The van der Waals surface area contributed by atoms with Gasteiger partial charge in [-0.1, -0.05) is 24.3 Å². The van der Waals surface area contributed by atoms with E-state index in [1.54, 1.807) is 30.6 Å². The van der Waals surface area contributed by atoms with Crippen molar-refractivity contribution < 1.29 is 4.79 Å². The first-order valence-electron chi connectivity index (χ1n) is 10.5. The van der Waals surface area contributed by atoms with Crippen molar-refractivity contribution in [2.45, 2.75) is 19.4 Å². The Hall–Kier alpha value is -3.64. The Morgan fingerprint density at radius 1 is 1.00 bits per heavy atom. The second-order valence-corrected chi connectivity index (χ2v) is 7.80. The summed E-state index contributed by atoms with van der Waals surface area (Å²) in [5.74, 6) is -0.263. The van der Waals surface area contributed by atoms with Crippen molar-refractivity contribution in [2.75, 3.05) is 18.4 Å². The molecule has 154 valence electrons. The minimum Gasteiger partial charge on any atom is -0.319 e. The number of nitrogens with zero attached hydrogens (tertiary/aromatic N) is 4. The van der Waals surface area contributed by atoms with Crippen molar-refractivity contribution in [3.05, 3.63) is 84.4 Å². The van der Waals surface area contributed by atoms with E-state index in [1.165, 1.54) is 18.4 Å². The van der Waals surface area contributed by atoms with Gasteiger partial charge in [0.05, 0.1) is 23.1 Å². The van der Waals surface area contributed by atoms with Crippen LogP contribution in [0.1, 0.15) is 28.9 Å². The number of amides is 1. The maximum Gasteiger partial charge on any atom is 0.274 e. The maximum atomic E-state index is 12.7. The lowest BCUT2D eigenvalue weighted by atomic mass is 10.0. The van der Waals surface area contributed by atoms with Gasteiger partial charge in [-0.2, -0.15) is 0 Å². The molecule has 0 bridgehead atoms. The predicted molar refractivity (Wildman–Crippen MR) is 122 cm³/mol. The van der Waals surface area contributed by atoms with Gasteiger partial charge < -0.3 is 5.32 Å². The molecule has 1 fully saturated rings. The van der Waals surface area contributed by atoms with E-state index in [1.807, 2.05) is 30.5 Å². The third-order valence-corrected chi connectivity index (χ3v) is 5.58. The highest BCUT2D eigenvalue weighted by molar-refractivity contribution is 6.05. The molecule has 6 nitrogen and oxygen atoms in total. The third kappa shape index (κ3) is 4.29. The van der Waals surface area contributed by atoms with Crippen LogP contribution in [0.15, 0.2) is 73.2 Å². The van der Waals surface area contributed by atoms with Crippen LogP contribution in [-0.4, -0.2) is 38.8 Å². The highest BCUT2D eigenvalue weighted by atomic mass is 16.1. The zero-order valence-electron chi connectivity index (χ0n) is 17.2. The highest BCUT2D eigenvalue weighted by Gasteiger charge is 2.15. The van der Waals surface area contributed by atoms with Crippen molar-refractivity contribution in [2.24, 2.45) is 0 Å². The van der Waals surface area contributed by atoms with E-state index in [4.69, 9.17) is 4.98 Å². The summed E-state index contributed by atoms with van der Waals surface area (Å²) in [5, 5.41) is 3.82. The van der Waals surface area contributed by atoms with E-state index in [9.17, 15) is 4.79 Å². The van der Waals surface area contributed by atoms with Crippen LogP contribution in [0.25, 0.3) is 22.2 Å². The Bertz CT molecular complexity index is 1220. The number of hydrogen-bond acceptors (Lipinski definition) is 5. The molecule has 0 radical (unpaired) electrons. The fourth-order valence-corrected chi connectivity index (χ4v) is 4.03. The molecule has 1 amide bonds. The number of likely N-dealkylation sites (tertiary alicyclic amines) is 1. The Morgan fingerprint density at radius 3 is 2.74 bits per heavy atom. The molecule has 4 heterocycles. The van der Waals surface area contributed by atoms with Gasteiger partial charge in [0, 0.05) is 29.9 Å². The smallest absolute Gasteiger partial charge is 0.274 e. The molecular formula is C25H23N5O. The normalized spacial score (nSPS) is 14.1. The number of carbonyl (C=O) groups is 1. The summed E-state index contributed by atoms with van der Waals surface area (Å²) < 4.78 is 0. The van der Waals surface area contributed by atoms with Gasteiger partial charge in [-0.3, -0.25) is 19.7 Å². The second kappa shape index (κ2) is 8.62. The molecule has 31 heavy (non-hydrogen) atoms. The van der Waals surface area contributed by atoms with Gasteiger partial charge in [-0.25, -0.2) is 4.98 Å². The fraction of sp³-hybridized carbons (Fsp3) is 0.200. The number of carbonyl (C=O) groups excluding carboxylic acids is 1. The minimum atomic E-state index is -0.263. The monoisotopic (exact) mass is 409 g/mol. The largest absolute Gasteiger partial charge is 0.319 e. The molecule has 0 spiro atoms. The van der Waals surface area contributed by atoms with Crippen molar-refractivity contribution in [1.29, 1.82) is 0 Å². The van der Waals surface area contributed by atoms with E-state index in [-0.39, 0.29) is 5.91 Å². The molecule has 1 aliphatic rings. The zero-order valence-corrected chi connectivity index (χ0v) is 17.2. The SMILES string of the molecule is O=C(Nc1cccnc1)c1ccc2cccc(-c3cc(CN4CCCC4)ccn3)c2n1. The average Bonchev–Trinajstić information content (AvgIpc) is 3.32. The van der Waals surface area contributed by atoms with Crippen LogP contribution < -0.4 is 5.32 Å². The molecular weight excluding hydrogens is 386 g/mol. The van der Waals surface area contributed by atoms with E-state index in [0.717, 1.165) is 41.8 Å². The summed E-state index contributed by atoms with van der Waals surface area (Å²) >= 11 is 0. The first-order chi connectivity index (χ1) is 15.3. The number of anilines is 1. The average molecular weight is 409 g/mol. The Balaban J connectivity index is 1.48. The lowest BCUT2D eigenvalue weighted by Gasteiger charge is -2.15. The van der Waals surface area contributed by atoms with Crippen LogP contribution in [0.4, 0.5) is 5.69 Å². The van der Waals surface area contributed by atoms with Crippen molar-refractivity contribution in [3.8, 4) is 11.3 Å². The van der Waals surface area contributed by atoms with Crippen molar-refractivity contribution >= 4 is 22.5 Å². The summed E-state index contributed by atoms with van der Waals surface area (Å²) in [5.41, 5.74) is 4.81. The number of aromatic nitrogens is 3. The number of rotatable bonds is 5. The predicted octanol–water partition coefficient (Wildman–Crippen LogP) is 4.54. The van der Waals surface area contributed by atoms with Gasteiger partial charge in [-0.05, 0) is 61.8 Å². The molecule has 1 aromatic carbocycles. The molecule has 0 aliphatic carbocycles. The molecule has 3 aromatic heterocycles. The summed E-state index contributed by atoms with van der Waals surface area (Å²) in [7, 11) is 0. The lowest BCUT2D eigenvalue weighted by molar-refractivity contribution is 0.102. The molecule has 1 N–H and O–H groups in total. The number of para-hydroxylation sites is 1. The van der Waals surface area contributed by atoms with E-state index >= 15 is 0 Å². The first-order valence-corrected chi connectivity index (χ1v) is 10.5. The summed E-state index contributed by atoms with van der Waals surface area (Å²) in [6, 6.07) is 17.5. The van der Waals surface area contributed by atoms with E-state index in [0.29, 0.717) is 11.4 Å². The van der Waals surface area contributed by atoms with Crippen LogP contribution >= 0.6 is 0 Å². The van der Waals surface area contributed by atoms with Gasteiger partial charge >= 0.3 is 0 Å². The molecule has 0 saturated carbocycles. The van der Waals surface area contributed by atoms with Gasteiger partial charge in [0.2, 0.25) is 0 Å². The van der Waals surface area contributed by atoms with E-state index in [2.05, 4.69) is 32.3 Å². The maximum absolute atomic E-state index is 12.7. The Labute approximate surface area is 181 Å². The van der Waals surface area contributed by atoms with Gasteiger partial charge in [0.1, 0.15) is 5.69 Å². The molecule has 4 aromatic rings. The van der Waals surface area contributed by atoms with Crippen LogP contribution in [0, 0.1) is 0 Å². The third-order valence-electron chi connectivity index (χ3n) is 5.58. The van der Waals surface area contributed by atoms with Crippen LogP contribution in [0.5, 0.6) is 0 Å². The van der Waals surface area contributed by atoms with Gasteiger partial charge in [-0.15, -0.1) is 0 Å². The van der Waals surface area contributed by atoms with Gasteiger partial charge in [0.25, 0.3) is 5.91 Å². The molecule has 1 saturated heterocycles. The molecule has 5 rings (SSSR count). The number of fused-ring (bicyclic) bond motifs is 1. The molecule has 0 atom stereocenters. The van der Waals surface area contributed by atoms with Crippen molar-refractivity contribution in [1.82, 2.24) is 19.9 Å². The number of hydrogen-bond donors (Lipinski definition) is 1. The summed E-state index contributed by atoms with van der Waals surface area (Å²) in [6.45, 7) is 3.25. The minimum absolute atomic E-state index is 0.263. The zero-order chi connectivity index (χ0) is 21.0. The number of pyridine rings is 3. The number of nitrogens with one attached hydrogen (secondary N) is 1. The standard InChI is InChI=1S/C25H23N5O/c31-25(28-20-6-4-11-26-16-20)22-9-8-19-5-3-7-21(24(19)29-22)23-15-18(10-12-27-23)17-30-13-1-2-14-30/h3-12,15-16H,1-2,13-14,17H2,(H,28,31). The summed E-state index contributed by atoms with van der Waals surface area (Å²) in [6.07, 6.45) is 7.68. The highest BCUT2D eigenvalue weighted by Crippen LogP contribution is 2.27. The van der Waals surface area contributed by atoms with Crippen LogP contribution in [-0.2, 0) is 6.54 Å². The first kappa shape index (κ1) is 19.3. The molecule has 6 heteroatoms. The quantitative estimate of drug-likeness (QED) is 0.524. The molecule has 1 aliphatic heterocycles. The van der Waals surface area contributed by atoms with Crippen LogP contribution in [0.3, 0.4) is 0 Å². The van der Waals surface area contributed by atoms with E-state index < -0.39 is 0 Å². The topological polar surface area (TPSA) is 71.0 Å². The lowest BCUT2D eigenvalue weighted by Crippen LogP contribution is -2.18. The Morgan fingerprint density at radius 2 is 1.90 bits per heavy atom. The van der Waals surface area contributed by atoms with Gasteiger partial charge in [0.15, 0.2) is 0 Å². The molecule has 0 unspecified atom stereocenters. The Kier molecular flexibility index (Phi) is 5.37. The number of benzene rings is 1. The summed E-state index contributed by atoms with van der Waals surface area (Å²) in [4.78, 5) is 28.5. The second-order valence-electron chi connectivity index (χ2n) is 7.80. The van der Waals surface area contributed by atoms with Crippen molar-refractivity contribution in [3.63, 3.8) is 0 Å².